The van der Waals surface area contributed by atoms with Crippen LogP contribution in [-0.4, -0.2) is 9.78 Å². The van der Waals surface area contributed by atoms with E-state index in [2.05, 4.69) is 40.3 Å². The molecule has 0 fully saturated rings. The largest absolute Gasteiger partial charge is 0.271 e. The molecule has 0 aliphatic carbocycles. The van der Waals surface area contributed by atoms with E-state index >= 15 is 0 Å². The van der Waals surface area contributed by atoms with Crippen LogP contribution in [0, 0.1) is 0 Å². The van der Waals surface area contributed by atoms with Gasteiger partial charge in [-0.15, -0.1) is 0 Å². The third kappa shape index (κ3) is 3.02. The molecule has 1 unspecified atom stereocenters. The fourth-order valence-electron chi connectivity index (χ4n) is 2.06. The molecular formula is C13H15BrCl2N4. The van der Waals surface area contributed by atoms with Crippen LogP contribution in [-0.2, 0) is 0 Å². The summed E-state index contributed by atoms with van der Waals surface area (Å²) >= 11 is 15.6. The third-order valence-electron chi connectivity index (χ3n) is 2.99. The quantitative estimate of drug-likeness (QED) is 0.623. The number of aromatic nitrogens is 2. The molecule has 0 spiro atoms. The summed E-state index contributed by atoms with van der Waals surface area (Å²) in [6, 6.07) is 5.44. The predicted octanol–water partition coefficient (Wildman–Crippen LogP) is 4.09. The van der Waals surface area contributed by atoms with Gasteiger partial charge in [-0.25, -0.2) is 5.43 Å². The summed E-state index contributed by atoms with van der Waals surface area (Å²) in [6.07, 6.45) is 1.76. The predicted molar refractivity (Wildman–Crippen MR) is 85.9 cm³/mol. The molecule has 0 aliphatic rings. The monoisotopic (exact) mass is 376 g/mol. The van der Waals surface area contributed by atoms with Crippen molar-refractivity contribution in [2.75, 3.05) is 0 Å². The van der Waals surface area contributed by atoms with E-state index < -0.39 is 0 Å². The Morgan fingerprint density at radius 1 is 1.30 bits per heavy atom. The molecule has 0 radical (unpaired) electrons. The first kappa shape index (κ1) is 15.8. The van der Waals surface area contributed by atoms with Crippen LogP contribution in [0.25, 0.3) is 0 Å². The number of nitrogens with two attached hydrogens (primary N) is 1. The van der Waals surface area contributed by atoms with Crippen molar-refractivity contribution in [3.8, 4) is 0 Å². The minimum absolute atomic E-state index is 0.218. The van der Waals surface area contributed by atoms with Gasteiger partial charge in [0.05, 0.1) is 32.5 Å². The minimum atomic E-state index is -0.232. The molecule has 0 amide bonds. The zero-order valence-corrected chi connectivity index (χ0v) is 14.2. The second-order valence-corrected chi connectivity index (χ2v) is 6.36. The second kappa shape index (κ2) is 6.45. The maximum absolute atomic E-state index is 6.08. The average Bonchev–Trinajstić information content (AvgIpc) is 2.77. The Kier molecular flexibility index (Phi) is 5.09. The van der Waals surface area contributed by atoms with Crippen LogP contribution < -0.4 is 11.3 Å². The number of rotatable bonds is 4. The summed E-state index contributed by atoms with van der Waals surface area (Å²) < 4.78 is 2.80. The fraction of sp³-hybridized carbons (Fsp3) is 0.308. The van der Waals surface area contributed by atoms with Crippen molar-refractivity contribution in [3.63, 3.8) is 0 Å². The molecule has 4 nitrogen and oxygen atoms in total. The van der Waals surface area contributed by atoms with Gasteiger partial charge in [0, 0.05) is 6.04 Å². The first-order chi connectivity index (χ1) is 9.45. The van der Waals surface area contributed by atoms with Gasteiger partial charge in [-0.2, -0.15) is 5.10 Å². The Morgan fingerprint density at radius 2 is 2.00 bits per heavy atom. The molecule has 2 aromatic rings. The SMILES string of the molecule is CC(C)n1ncc(Br)c1C(NN)c1ccc(Cl)c(Cl)c1. The van der Waals surface area contributed by atoms with Crippen molar-refractivity contribution in [3.05, 3.63) is 50.2 Å². The number of halogens is 3. The Hall–Kier alpha value is -0.590. The molecule has 1 atom stereocenters. The molecule has 20 heavy (non-hydrogen) atoms. The van der Waals surface area contributed by atoms with E-state index in [-0.39, 0.29) is 12.1 Å². The van der Waals surface area contributed by atoms with Crippen molar-refractivity contribution in [2.45, 2.75) is 25.9 Å². The van der Waals surface area contributed by atoms with E-state index in [1.54, 1.807) is 18.3 Å². The molecule has 0 saturated carbocycles. The van der Waals surface area contributed by atoms with Crippen molar-refractivity contribution >= 4 is 39.1 Å². The first-order valence-corrected chi connectivity index (χ1v) is 7.64. The van der Waals surface area contributed by atoms with Crippen molar-refractivity contribution in [1.82, 2.24) is 15.2 Å². The summed E-state index contributed by atoms with van der Waals surface area (Å²) in [5.74, 6) is 5.73. The van der Waals surface area contributed by atoms with E-state index in [1.807, 2.05) is 10.7 Å². The molecule has 1 aromatic carbocycles. The van der Waals surface area contributed by atoms with E-state index in [1.165, 1.54) is 0 Å². The lowest BCUT2D eigenvalue weighted by Crippen LogP contribution is -2.31. The van der Waals surface area contributed by atoms with Gasteiger partial charge in [-0.05, 0) is 47.5 Å². The van der Waals surface area contributed by atoms with Crippen LogP contribution in [0.3, 0.4) is 0 Å². The topological polar surface area (TPSA) is 55.9 Å². The van der Waals surface area contributed by atoms with Crippen LogP contribution in [0.4, 0.5) is 0 Å². The maximum atomic E-state index is 6.08. The number of hydrazine groups is 1. The van der Waals surface area contributed by atoms with Gasteiger partial charge < -0.3 is 0 Å². The molecule has 3 N–H and O–H groups in total. The lowest BCUT2D eigenvalue weighted by atomic mass is 10.0. The van der Waals surface area contributed by atoms with Crippen LogP contribution >= 0.6 is 39.1 Å². The summed E-state index contributed by atoms with van der Waals surface area (Å²) in [5.41, 5.74) is 4.68. The highest BCUT2D eigenvalue weighted by Gasteiger charge is 2.22. The number of benzene rings is 1. The smallest absolute Gasteiger partial charge is 0.0890 e. The zero-order valence-electron chi connectivity index (χ0n) is 11.1. The molecule has 1 aromatic heterocycles. The second-order valence-electron chi connectivity index (χ2n) is 4.69. The summed E-state index contributed by atoms with van der Waals surface area (Å²) in [4.78, 5) is 0. The molecule has 0 saturated heterocycles. The van der Waals surface area contributed by atoms with Crippen LogP contribution in [0.15, 0.2) is 28.9 Å². The summed E-state index contributed by atoms with van der Waals surface area (Å²) in [7, 11) is 0. The third-order valence-corrected chi connectivity index (χ3v) is 4.34. The van der Waals surface area contributed by atoms with Gasteiger partial charge >= 0.3 is 0 Å². The highest BCUT2D eigenvalue weighted by Crippen LogP contribution is 2.32. The summed E-state index contributed by atoms with van der Waals surface area (Å²) in [6.45, 7) is 4.12. The van der Waals surface area contributed by atoms with E-state index in [0.717, 1.165) is 15.7 Å². The maximum Gasteiger partial charge on any atom is 0.0890 e. The van der Waals surface area contributed by atoms with Crippen LogP contribution in [0.2, 0.25) is 10.0 Å². The van der Waals surface area contributed by atoms with Crippen molar-refractivity contribution < 1.29 is 0 Å². The number of nitrogens with one attached hydrogen (secondary N) is 1. The van der Waals surface area contributed by atoms with E-state index in [4.69, 9.17) is 29.0 Å². The average molecular weight is 378 g/mol. The molecule has 0 aliphatic heterocycles. The lowest BCUT2D eigenvalue weighted by molar-refractivity contribution is 0.475. The van der Waals surface area contributed by atoms with Gasteiger partial charge in [-0.1, -0.05) is 29.3 Å². The van der Waals surface area contributed by atoms with Crippen LogP contribution in [0.5, 0.6) is 0 Å². The first-order valence-electron chi connectivity index (χ1n) is 6.09. The zero-order chi connectivity index (χ0) is 14.9. The number of hydrogen-bond donors (Lipinski definition) is 2. The van der Waals surface area contributed by atoms with Gasteiger partial charge in [0.25, 0.3) is 0 Å². The standard InChI is InChI=1S/C13H15BrCl2N4/c1-7(2)20-13(9(14)6-18-20)12(19-17)8-3-4-10(15)11(16)5-8/h3-7,12,19H,17H2,1-2H3. The van der Waals surface area contributed by atoms with E-state index in [9.17, 15) is 0 Å². The van der Waals surface area contributed by atoms with Gasteiger partial charge in [0.2, 0.25) is 0 Å². The molecule has 7 heteroatoms. The Balaban J connectivity index is 2.52. The highest BCUT2D eigenvalue weighted by molar-refractivity contribution is 9.10. The van der Waals surface area contributed by atoms with Gasteiger partial charge in [0.1, 0.15) is 0 Å². The van der Waals surface area contributed by atoms with E-state index in [0.29, 0.717) is 10.0 Å². The van der Waals surface area contributed by atoms with Crippen molar-refractivity contribution in [2.24, 2.45) is 5.84 Å². The van der Waals surface area contributed by atoms with Crippen LogP contribution in [0.1, 0.15) is 37.2 Å². The van der Waals surface area contributed by atoms with Crippen molar-refractivity contribution in [1.29, 1.82) is 0 Å². The Labute approximate surface area is 136 Å². The summed E-state index contributed by atoms with van der Waals surface area (Å²) in [5, 5.41) is 5.38. The molecule has 0 bridgehead atoms. The molecule has 108 valence electrons. The van der Waals surface area contributed by atoms with Gasteiger partial charge in [0.15, 0.2) is 0 Å². The number of hydrogen-bond acceptors (Lipinski definition) is 3. The molecule has 1 heterocycles. The number of nitrogens with zero attached hydrogens (tertiary/aromatic N) is 2. The Morgan fingerprint density at radius 3 is 2.55 bits per heavy atom. The Bertz CT molecular complexity index is 612. The minimum Gasteiger partial charge on any atom is -0.271 e. The molecule has 2 rings (SSSR count). The fourth-order valence-corrected chi connectivity index (χ4v) is 2.87. The molecular weight excluding hydrogens is 363 g/mol. The van der Waals surface area contributed by atoms with Gasteiger partial charge in [-0.3, -0.25) is 10.5 Å². The highest BCUT2D eigenvalue weighted by atomic mass is 79.9. The normalized spacial score (nSPS) is 12.9. The lowest BCUT2D eigenvalue weighted by Gasteiger charge is -2.21.